The van der Waals surface area contributed by atoms with Gasteiger partial charge in [0.25, 0.3) is 0 Å². The molecule has 0 saturated heterocycles. The number of hydrogen-bond donors (Lipinski definition) is 1. The summed E-state index contributed by atoms with van der Waals surface area (Å²) in [7, 11) is -1.23. The van der Waals surface area contributed by atoms with E-state index in [1.807, 2.05) is 5.20 Å². The molecule has 0 saturated carbocycles. The van der Waals surface area contributed by atoms with Crippen LogP contribution < -0.4 is 24.8 Å². The van der Waals surface area contributed by atoms with Gasteiger partial charge in [-0.05, 0) is 0 Å². The van der Waals surface area contributed by atoms with Crippen LogP contribution in [0.1, 0.15) is 50.2 Å². The molecule has 1 N–H and O–H groups in total. The summed E-state index contributed by atoms with van der Waals surface area (Å²) in [6, 6.07) is 15.9. The molecule has 2 aromatic rings. The molecule has 2 aromatic carbocycles. The maximum absolute atomic E-state index is 9.29. The first-order valence-corrected chi connectivity index (χ1v) is 14.0. The van der Waals surface area contributed by atoms with Crippen molar-refractivity contribution in [2.24, 2.45) is 0 Å². The normalized spacial score (nSPS) is 22.5. The number of aliphatic hydroxyl groups is 1. The molecular formula is C23H23Cl2OSiZr. The van der Waals surface area contributed by atoms with Gasteiger partial charge in [-0.2, -0.15) is 0 Å². The Balaban J connectivity index is 0.00000112. The summed E-state index contributed by atoms with van der Waals surface area (Å²) in [6.07, 6.45) is 4.29. The van der Waals surface area contributed by atoms with Crippen LogP contribution >= 0.6 is 0 Å². The van der Waals surface area contributed by atoms with Crippen molar-refractivity contribution < 1.29 is 54.6 Å². The van der Waals surface area contributed by atoms with Crippen molar-refractivity contribution in [3.63, 3.8) is 0 Å². The van der Waals surface area contributed by atoms with Crippen molar-refractivity contribution in [1.29, 1.82) is 0 Å². The van der Waals surface area contributed by atoms with E-state index in [0.717, 1.165) is 12.8 Å². The summed E-state index contributed by atoms with van der Waals surface area (Å²) in [5.74, 6) is 0.370. The van der Waals surface area contributed by atoms with Crippen molar-refractivity contribution in [2.45, 2.75) is 35.5 Å². The Hall–Kier alpha value is -0.440. The van der Waals surface area contributed by atoms with Gasteiger partial charge in [0.15, 0.2) is 0 Å². The monoisotopic (exact) mass is 503 g/mol. The average Bonchev–Trinajstić information content (AvgIpc) is 2.94. The molecule has 2 unspecified atom stereocenters. The fourth-order valence-electron chi connectivity index (χ4n) is 5.17. The van der Waals surface area contributed by atoms with E-state index in [4.69, 9.17) is 0 Å². The summed E-state index contributed by atoms with van der Waals surface area (Å²) in [5.41, 5.74) is 8.97. The first-order valence-electron chi connectivity index (χ1n) is 9.56. The maximum Gasteiger partial charge on any atom is -1.00 e. The Morgan fingerprint density at radius 3 is 2.39 bits per heavy atom. The molecular weight excluding hydrogens is 482 g/mol. The average molecular weight is 506 g/mol. The number of benzene rings is 2. The number of rotatable bonds is 4. The fourth-order valence-corrected chi connectivity index (χ4v) is 12.9. The molecule has 5 rings (SSSR count). The predicted molar refractivity (Wildman–Crippen MR) is 106 cm³/mol. The smallest absolute Gasteiger partial charge is 1.00 e. The fraction of sp³-hybridized carbons (Fsp3) is 0.304. The van der Waals surface area contributed by atoms with Crippen LogP contribution in [0, 0.1) is 0 Å². The van der Waals surface area contributed by atoms with Crippen molar-refractivity contribution in [3.8, 4) is 0 Å². The molecule has 0 radical (unpaired) electrons. The van der Waals surface area contributed by atoms with Crippen LogP contribution in [0.4, 0.5) is 0 Å². The minimum atomic E-state index is -1.23. The van der Waals surface area contributed by atoms with E-state index < -0.39 is 8.07 Å². The van der Waals surface area contributed by atoms with Gasteiger partial charge in [-0.3, -0.25) is 0 Å². The summed E-state index contributed by atoms with van der Waals surface area (Å²) < 4.78 is 0.711. The van der Waals surface area contributed by atoms with Crippen molar-refractivity contribution in [3.05, 3.63) is 81.6 Å². The molecule has 2 atom stereocenters. The van der Waals surface area contributed by atoms with E-state index in [2.05, 4.69) is 61.6 Å². The summed E-state index contributed by atoms with van der Waals surface area (Å²) in [4.78, 5) is 0. The third-order valence-corrected chi connectivity index (χ3v) is 12.0. The first kappa shape index (κ1) is 22.2. The van der Waals surface area contributed by atoms with Gasteiger partial charge in [0, 0.05) is 0 Å². The summed E-state index contributed by atoms with van der Waals surface area (Å²) in [6.45, 7) is 5.32. The largest absolute Gasteiger partial charge is 1.00 e. The third-order valence-electron chi connectivity index (χ3n) is 6.43. The van der Waals surface area contributed by atoms with E-state index in [9.17, 15) is 5.11 Å². The van der Waals surface area contributed by atoms with Gasteiger partial charge in [0.1, 0.15) is 0 Å². The zero-order valence-electron chi connectivity index (χ0n) is 16.1. The number of aliphatic hydroxyl groups excluding tert-OH is 1. The Bertz CT molecular complexity index is 996. The molecule has 3 aliphatic rings. The molecule has 1 aliphatic heterocycles. The Morgan fingerprint density at radius 1 is 0.964 bits per heavy atom. The van der Waals surface area contributed by atoms with Crippen molar-refractivity contribution in [1.82, 2.24) is 0 Å². The molecule has 0 aromatic heterocycles. The molecule has 2 aliphatic carbocycles. The molecule has 0 amide bonds. The maximum atomic E-state index is 9.29. The van der Waals surface area contributed by atoms with E-state index in [1.165, 1.54) is 22.3 Å². The van der Waals surface area contributed by atoms with Gasteiger partial charge in [0.2, 0.25) is 0 Å². The van der Waals surface area contributed by atoms with Gasteiger partial charge in [-0.25, -0.2) is 0 Å². The Morgan fingerprint density at radius 2 is 1.64 bits per heavy atom. The molecule has 143 valence electrons. The minimum Gasteiger partial charge on any atom is -1.00 e. The molecule has 0 bridgehead atoms. The summed E-state index contributed by atoms with van der Waals surface area (Å²) >= 11 is 1.65. The van der Waals surface area contributed by atoms with Gasteiger partial charge in [-0.15, -0.1) is 0 Å². The number of fused-ring (bicyclic) bond motifs is 3. The topological polar surface area (TPSA) is 20.2 Å². The number of allylic oxidation sites excluding steroid dienone is 3. The molecule has 1 nitrogen and oxygen atoms in total. The molecule has 5 heteroatoms. The van der Waals surface area contributed by atoms with Gasteiger partial charge in [0.05, 0.1) is 0 Å². The van der Waals surface area contributed by atoms with Crippen LogP contribution in [0.5, 0.6) is 0 Å². The van der Waals surface area contributed by atoms with Crippen molar-refractivity contribution in [2.75, 3.05) is 6.61 Å². The first-order chi connectivity index (χ1) is 12.6. The van der Waals surface area contributed by atoms with Gasteiger partial charge < -0.3 is 24.8 Å². The van der Waals surface area contributed by atoms with Crippen LogP contribution in [0.2, 0.25) is 13.1 Å². The van der Waals surface area contributed by atoms with Crippen LogP contribution in [0.15, 0.2) is 53.7 Å². The zero-order chi connectivity index (χ0) is 18.1. The second-order valence-corrected chi connectivity index (χ2v) is 13.9. The third kappa shape index (κ3) is 3.10. The molecule has 0 fully saturated rings. The minimum absolute atomic E-state index is 0. The predicted octanol–water partition coefficient (Wildman–Crippen LogP) is -0.848. The van der Waals surface area contributed by atoms with E-state index in [1.54, 1.807) is 41.0 Å². The van der Waals surface area contributed by atoms with E-state index in [-0.39, 0.29) is 31.4 Å². The Kier molecular flexibility index (Phi) is 6.36. The molecule has 0 spiro atoms. The summed E-state index contributed by atoms with van der Waals surface area (Å²) in [5, 5.41) is 12.9. The van der Waals surface area contributed by atoms with Crippen LogP contribution in [0.25, 0.3) is 10.8 Å². The van der Waals surface area contributed by atoms with E-state index in [0.29, 0.717) is 9.54 Å². The van der Waals surface area contributed by atoms with Crippen LogP contribution in [0.3, 0.4) is 0 Å². The van der Waals surface area contributed by atoms with Crippen molar-refractivity contribution >= 4 is 18.8 Å². The van der Waals surface area contributed by atoms with Crippen LogP contribution in [-0.2, 0) is 24.7 Å². The number of hydrogen-bond acceptors (Lipinski definition) is 1. The van der Waals surface area contributed by atoms with E-state index >= 15 is 0 Å². The van der Waals surface area contributed by atoms with Gasteiger partial charge in [-0.1, -0.05) is 0 Å². The number of halogens is 2. The molecule has 1 heterocycles. The van der Waals surface area contributed by atoms with Gasteiger partial charge >= 0.3 is 172 Å². The second-order valence-electron chi connectivity index (χ2n) is 8.24. The Labute approximate surface area is 196 Å². The van der Waals surface area contributed by atoms with Crippen LogP contribution in [-0.4, -0.2) is 19.8 Å². The zero-order valence-corrected chi connectivity index (χ0v) is 21.1. The standard InChI is InChI=1S/C23H23OSi.2ClH.Zr/c1-25(2)21-14-16-7-5-11-19(22(16)23(21)25)20-13-15(8-6-12-24)17-9-3-4-10-18(17)20;;;/h3-5,7,9-11,13-14,20,24H,6,8,12H2,1-2H3;2*1H;/q;;;+2/p-2. The quantitative estimate of drug-likeness (QED) is 0.537. The SMILES string of the molecule is C[Si]1(C)C2=C1[CH]([Zr+2])c1cccc(C3C=C(CCCO)c4ccccc43)c12.[Cl-].[Cl-]. The molecule has 28 heavy (non-hydrogen) atoms. The second kappa shape index (κ2) is 8.00.